The van der Waals surface area contributed by atoms with Crippen molar-refractivity contribution in [3.8, 4) is 5.75 Å². The van der Waals surface area contributed by atoms with Crippen molar-refractivity contribution in [3.63, 3.8) is 0 Å². The van der Waals surface area contributed by atoms with Crippen molar-refractivity contribution in [1.29, 1.82) is 0 Å². The highest BCUT2D eigenvalue weighted by Gasteiger charge is 2.17. The molecule has 15 heavy (non-hydrogen) atoms. The van der Waals surface area contributed by atoms with Crippen molar-refractivity contribution in [3.05, 3.63) is 17.7 Å². The molecule has 3 heteroatoms. The lowest BCUT2D eigenvalue weighted by Crippen LogP contribution is -2.11. The van der Waals surface area contributed by atoms with Crippen LogP contribution in [0.4, 0.5) is 0 Å². The molecule has 0 spiro atoms. The summed E-state index contributed by atoms with van der Waals surface area (Å²) in [5.41, 5.74) is 1.40. The van der Waals surface area contributed by atoms with Crippen LogP contribution in [0.25, 0.3) is 0 Å². The first-order valence-corrected chi connectivity index (χ1v) is 7.30. The molecule has 0 atom stereocenters. The zero-order chi connectivity index (χ0) is 11.6. The molecule has 1 N–H and O–H groups in total. The minimum atomic E-state index is 0.128. The van der Waals surface area contributed by atoms with Gasteiger partial charge < -0.3 is 5.11 Å². The lowest BCUT2D eigenvalue weighted by Gasteiger charge is -2.21. The van der Waals surface area contributed by atoms with Crippen LogP contribution in [-0.4, -0.2) is 17.6 Å². The number of hydrogen-bond donors (Lipinski definition) is 1. The molecule has 0 saturated heterocycles. The first-order valence-electron chi connectivity index (χ1n) is 4.85. The SMILES string of the molecule is CSc1cc(C(C)(C)C)cc(SC)c1O. The Hall–Kier alpha value is -0.280. The second-order valence-corrected chi connectivity index (χ2v) is 6.18. The number of hydrogen-bond acceptors (Lipinski definition) is 3. The quantitative estimate of drug-likeness (QED) is 0.787. The van der Waals surface area contributed by atoms with E-state index in [0.29, 0.717) is 5.75 Å². The third kappa shape index (κ3) is 2.85. The van der Waals surface area contributed by atoms with E-state index in [4.69, 9.17) is 0 Å². The second kappa shape index (κ2) is 4.71. The molecule has 0 amide bonds. The first-order chi connectivity index (χ1) is 6.90. The normalized spacial score (nSPS) is 11.8. The molecule has 0 saturated carbocycles. The fourth-order valence-corrected chi connectivity index (χ4v) is 2.49. The van der Waals surface area contributed by atoms with Crippen molar-refractivity contribution in [2.75, 3.05) is 12.5 Å². The van der Waals surface area contributed by atoms with E-state index >= 15 is 0 Å². The zero-order valence-corrected chi connectivity index (χ0v) is 11.6. The molecule has 0 unspecified atom stereocenters. The monoisotopic (exact) mass is 242 g/mol. The van der Waals surface area contributed by atoms with Gasteiger partial charge in [0.2, 0.25) is 0 Å². The molecule has 1 aromatic carbocycles. The van der Waals surface area contributed by atoms with Crippen molar-refractivity contribution < 1.29 is 5.11 Å². The van der Waals surface area contributed by atoms with Crippen LogP contribution >= 0.6 is 23.5 Å². The van der Waals surface area contributed by atoms with Gasteiger partial charge in [-0.25, -0.2) is 0 Å². The fraction of sp³-hybridized carbons (Fsp3) is 0.500. The van der Waals surface area contributed by atoms with Crippen molar-refractivity contribution >= 4 is 23.5 Å². The Kier molecular flexibility index (Phi) is 4.01. The molecule has 1 aromatic rings. The topological polar surface area (TPSA) is 20.2 Å². The van der Waals surface area contributed by atoms with Gasteiger partial charge in [-0.2, -0.15) is 0 Å². The first kappa shape index (κ1) is 12.8. The predicted octanol–water partition coefficient (Wildman–Crippen LogP) is 4.13. The van der Waals surface area contributed by atoms with Crippen molar-refractivity contribution in [2.24, 2.45) is 0 Å². The van der Waals surface area contributed by atoms with Crippen LogP contribution in [0.15, 0.2) is 21.9 Å². The Morgan fingerprint density at radius 2 is 1.40 bits per heavy atom. The molecular formula is C12H18OS2. The number of phenolic OH excluding ortho intramolecular Hbond substituents is 1. The van der Waals surface area contributed by atoms with Gasteiger partial charge in [0.1, 0.15) is 5.75 Å². The van der Waals surface area contributed by atoms with E-state index in [1.54, 1.807) is 23.5 Å². The number of rotatable bonds is 2. The molecule has 0 aliphatic heterocycles. The summed E-state index contributed by atoms with van der Waals surface area (Å²) in [4.78, 5) is 1.93. The minimum Gasteiger partial charge on any atom is -0.506 e. The Morgan fingerprint density at radius 1 is 1.00 bits per heavy atom. The maximum atomic E-state index is 9.94. The van der Waals surface area contributed by atoms with Gasteiger partial charge >= 0.3 is 0 Å². The predicted molar refractivity (Wildman–Crippen MR) is 70.4 cm³/mol. The van der Waals surface area contributed by atoms with E-state index in [1.807, 2.05) is 12.5 Å². The van der Waals surface area contributed by atoms with Gasteiger partial charge in [0.15, 0.2) is 0 Å². The summed E-state index contributed by atoms with van der Waals surface area (Å²) in [6.45, 7) is 6.56. The maximum absolute atomic E-state index is 9.94. The van der Waals surface area contributed by atoms with Gasteiger partial charge in [0.05, 0.1) is 9.79 Å². The summed E-state index contributed by atoms with van der Waals surface area (Å²) >= 11 is 3.18. The average Bonchev–Trinajstić information content (AvgIpc) is 2.16. The summed E-state index contributed by atoms with van der Waals surface area (Å²) < 4.78 is 0. The van der Waals surface area contributed by atoms with Gasteiger partial charge in [-0.3, -0.25) is 0 Å². The highest BCUT2D eigenvalue weighted by Crippen LogP contribution is 2.39. The number of aromatic hydroxyl groups is 1. The van der Waals surface area contributed by atoms with Crippen LogP contribution in [0.1, 0.15) is 26.3 Å². The number of phenols is 1. The van der Waals surface area contributed by atoms with E-state index in [-0.39, 0.29) is 5.41 Å². The Labute approximate surface area is 101 Å². The Morgan fingerprint density at radius 3 is 1.67 bits per heavy atom. The fourth-order valence-electron chi connectivity index (χ4n) is 1.33. The maximum Gasteiger partial charge on any atom is 0.142 e. The average molecular weight is 242 g/mol. The molecule has 84 valence electrons. The van der Waals surface area contributed by atoms with Gasteiger partial charge in [0, 0.05) is 0 Å². The molecule has 0 heterocycles. The molecule has 0 fully saturated rings. The van der Waals surface area contributed by atoms with Gasteiger partial charge in [-0.1, -0.05) is 20.8 Å². The third-order valence-corrected chi connectivity index (χ3v) is 3.85. The van der Waals surface area contributed by atoms with E-state index in [2.05, 4.69) is 32.9 Å². The van der Waals surface area contributed by atoms with E-state index < -0.39 is 0 Å². The van der Waals surface area contributed by atoms with Crippen molar-refractivity contribution in [2.45, 2.75) is 36.0 Å². The number of thioether (sulfide) groups is 2. The highest BCUT2D eigenvalue weighted by atomic mass is 32.2. The molecule has 0 aliphatic carbocycles. The third-order valence-electron chi connectivity index (χ3n) is 2.35. The smallest absolute Gasteiger partial charge is 0.142 e. The summed E-state index contributed by atoms with van der Waals surface area (Å²) in [6, 6.07) is 4.17. The van der Waals surface area contributed by atoms with E-state index in [9.17, 15) is 5.11 Å². The summed E-state index contributed by atoms with van der Waals surface area (Å²) in [7, 11) is 0. The molecule has 0 radical (unpaired) electrons. The summed E-state index contributed by atoms with van der Waals surface area (Å²) in [5.74, 6) is 0.419. The lowest BCUT2D eigenvalue weighted by molar-refractivity contribution is 0.447. The number of benzene rings is 1. The standard InChI is InChI=1S/C12H18OS2/c1-12(2,3)8-6-9(14-4)11(13)10(7-8)15-5/h6-7,13H,1-5H3. The van der Waals surface area contributed by atoms with E-state index in [1.165, 1.54) is 5.56 Å². The summed E-state index contributed by atoms with van der Waals surface area (Å²) in [6.07, 6.45) is 3.98. The zero-order valence-electron chi connectivity index (χ0n) is 9.92. The van der Waals surface area contributed by atoms with Crippen LogP contribution < -0.4 is 0 Å². The Balaban J connectivity index is 3.33. The molecule has 1 nitrogen and oxygen atoms in total. The van der Waals surface area contributed by atoms with Gasteiger partial charge in [-0.05, 0) is 35.6 Å². The van der Waals surface area contributed by atoms with Gasteiger partial charge in [-0.15, -0.1) is 23.5 Å². The molecule has 0 bridgehead atoms. The Bertz CT molecular complexity index is 328. The lowest BCUT2D eigenvalue weighted by atomic mass is 9.87. The van der Waals surface area contributed by atoms with Gasteiger partial charge in [0.25, 0.3) is 0 Å². The largest absolute Gasteiger partial charge is 0.506 e. The van der Waals surface area contributed by atoms with Crippen LogP contribution in [-0.2, 0) is 5.41 Å². The van der Waals surface area contributed by atoms with Crippen LogP contribution in [0.2, 0.25) is 0 Å². The van der Waals surface area contributed by atoms with Crippen LogP contribution in [0.3, 0.4) is 0 Å². The molecule has 0 aromatic heterocycles. The molecule has 1 rings (SSSR count). The van der Waals surface area contributed by atoms with Crippen LogP contribution in [0.5, 0.6) is 5.75 Å². The minimum absolute atomic E-state index is 0.128. The molecular weight excluding hydrogens is 224 g/mol. The van der Waals surface area contributed by atoms with Crippen LogP contribution in [0, 0.1) is 0 Å². The highest BCUT2D eigenvalue weighted by molar-refractivity contribution is 7.99. The molecule has 0 aliphatic rings. The van der Waals surface area contributed by atoms with Crippen molar-refractivity contribution in [1.82, 2.24) is 0 Å². The summed E-state index contributed by atoms with van der Waals surface area (Å²) in [5, 5.41) is 9.94. The second-order valence-electron chi connectivity index (χ2n) is 4.48. The van der Waals surface area contributed by atoms with E-state index in [0.717, 1.165) is 9.79 Å².